The number of nitriles is 1. The molecule has 1 aliphatic heterocycles. The standard InChI is InChI=1S/C22H13F2N5O/c23-15-4-1-13(2-5-15)18-7-16(6-3-14(18)10-25)28-11-20-19(8-17(30)9-21(20)24)22-27-26-12-29(22)28/h1-9,12,30H,11H2. The zero-order chi connectivity index (χ0) is 20.8. The fraction of sp³-hybridized carbons (Fsp3) is 0.0455. The van der Waals surface area contributed by atoms with E-state index in [-0.39, 0.29) is 18.1 Å². The Kier molecular flexibility index (Phi) is 3.96. The zero-order valence-corrected chi connectivity index (χ0v) is 15.4. The third kappa shape index (κ3) is 2.76. The SMILES string of the molecule is N#Cc1ccc(N2Cc3c(F)cc(O)cc3-c3nncn32)cc1-c1ccc(F)cc1. The van der Waals surface area contributed by atoms with Crippen LogP contribution < -0.4 is 5.01 Å². The predicted molar refractivity (Wildman–Crippen MR) is 105 cm³/mol. The largest absolute Gasteiger partial charge is 0.508 e. The summed E-state index contributed by atoms with van der Waals surface area (Å²) in [6.45, 7) is 0.168. The molecule has 0 saturated heterocycles. The lowest BCUT2D eigenvalue weighted by Crippen LogP contribution is -2.33. The van der Waals surface area contributed by atoms with Gasteiger partial charge in [0.1, 0.15) is 23.7 Å². The summed E-state index contributed by atoms with van der Waals surface area (Å²) < 4.78 is 29.6. The minimum Gasteiger partial charge on any atom is -0.508 e. The summed E-state index contributed by atoms with van der Waals surface area (Å²) in [6.07, 6.45) is 1.50. The number of phenols is 1. The predicted octanol–water partition coefficient (Wildman–Crippen LogP) is 4.25. The van der Waals surface area contributed by atoms with Gasteiger partial charge in [-0.05, 0) is 42.0 Å². The van der Waals surface area contributed by atoms with Crippen LogP contribution in [-0.2, 0) is 6.54 Å². The summed E-state index contributed by atoms with van der Waals surface area (Å²) in [6, 6.07) is 15.8. The fourth-order valence-corrected chi connectivity index (χ4v) is 3.67. The molecule has 0 saturated carbocycles. The van der Waals surface area contributed by atoms with Crippen LogP contribution >= 0.6 is 0 Å². The lowest BCUT2D eigenvalue weighted by molar-refractivity contribution is 0.466. The van der Waals surface area contributed by atoms with E-state index in [1.165, 1.54) is 24.5 Å². The van der Waals surface area contributed by atoms with Crippen molar-refractivity contribution in [3.8, 4) is 34.3 Å². The van der Waals surface area contributed by atoms with Gasteiger partial charge < -0.3 is 5.11 Å². The van der Waals surface area contributed by atoms with Crippen LogP contribution in [-0.4, -0.2) is 20.0 Å². The summed E-state index contributed by atoms with van der Waals surface area (Å²) >= 11 is 0. The van der Waals surface area contributed by atoms with E-state index in [0.717, 1.165) is 6.07 Å². The number of fused-ring (bicyclic) bond motifs is 3. The smallest absolute Gasteiger partial charge is 0.183 e. The minimum atomic E-state index is -0.545. The Morgan fingerprint density at radius 1 is 1.00 bits per heavy atom. The van der Waals surface area contributed by atoms with E-state index in [0.29, 0.717) is 39.3 Å². The topological polar surface area (TPSA) is 78.0 Å². The monoisotopic (exact) mass is 401 g/mol. The van der Waals surface area contributed by atoms with Gasteiger partial charge in [0.15, 0.2) is 5.82 Å². The van der Waals surface area contributed by atoms with Gasteiger partial charge >= 0.3 is 0 Å². The van der Waals surface area contributed by atoms with Crippen LogP contribution in [0, 0.1) is 23.0 Å². The highest BCUT2D eigenvalue weighted by molar-refractivity contribution is 5.76. The van der Waals surface area contributed by atoms with Gasteiger partial charge in [-0.3, -0.25) is 5.01 Å². The Morgan fingerprint density at radius 3 is 2.57 bits per heavy atom. The molecule has 0 bridgehead atoms. The molecule has 0 atom stereocenters. The first-order valence-electron chi connectivity index (χ1n) is 9.05. The molecular weight excluding hydrogens is 388 g/mol. The quantitative estimate of drug-likeness (QED) is 0.543. The van der Waals surface area contributed by atoms with E-state index in [2.05, 4.69) is 16.3 Å². The molecule has 4 aromatic rings. The van der Waals surface area contributed by atoms with Gasteiger partial charge in [0.25, 0.3) is 0 Å². The molecule has 0 spiro atoms. The van der Waals surface area contributed by atoms with Gasteiger partial charge in [0, 0.05) is 22.8 Å². The summed E-state index contributed by atoms with van der Waals surface area (Å²) in [5.74, 6) is -0.712. The van der Waals surface area contributed by atoms with E-state index in [9.17, 15) is 19.1 Å². The highest BCUT2D eigenvalue weighted by Gasteiger charge is 2.28. The molecule has 1 aliphatic rings. The Bertz CT molecular complexity index is 1320. The number of anilines is 1. The van der Waals surface area contributed by atoms with Gasteiger partial charge in [0.2, 0.25) is 0 Å². The van der Waals surface area contributed by atoms with Crippen LogP contribution in [0.2, 0.25) is 0 Å². The van der Waals surface area contributed by atoms with Crippen LogP contribution in [0.3, 0.4) is 0 Å². The lowest BCUT2D eigenvalue weighted by atomic mass is 9.98. The van der Waals surface area contributed by atoms with E-state index in [4.69, 9.17) is 0 Å². The molecule has 2 heterocycles. The normalized spacial score (nSPS) is 12.2. The maximum absolute atomic E-state index is 14.6. The first-order chi connectivity index (χ1) is 14.5. The summed E-state index contributed by atoms with van der Waals surface area (Å²) in [7, 11) is 0. The molecule has 1 N–H and O–H groups in total. The van der Waals surface area contributed by atoms with Crippen molar-refractivity contribution in [2.24, 2.45) is 0 Å². The summed E-state index contributed by atoms with van der Waals surface area (Å²) in [4.78, 5) is 0. The number of nitrogens with zero attached hydrogens (tertiary/aromatic N) is 5. The number of rotatable bonds is 2. The molecule has 0 fully saturated rings. The Morgan fingerprint density at radius 2 is 1.80 bits per heavy atom. The third-order valence-corrected chi connectivity index (χ3v) is 5.10. The molecule has 1 aromatic heterocycles. The van der Waals surface area contributed by atoms with E-state index < -0.39 is 5.82 Å². The van der Waals surface area contributed by atoms with E-state index in [1.54, 1.807) is 40.0 Å². The molecule has 146 valence electrons. The first-order valence-corrected chi connectivity index (χ1v) is 9.05. The van der Waals surface area contributed by atoms with Crippen molar-refractivity contribution < 1.29 is 13.9 Å². The third-order valence-electron chi connectivity index (χ3n) is 5.10. The van der Waals surface area contributed by atoms with Gasteiger partial charge in [-0.2, -0.15) is 5.26 Å². The Balaban J connectivity index is 1.66. The van der Waals surface area contributed by atoms with Crippen molar-refractivity contribution in [1.29, 1.82) is 5.26 Å². The van der Waals surface area contributed by atoms with Crippen molar-refractivity contribution in [3.05, 3.63) is 83.7 Å². The van der Waals surface area contributed by atoms with Gasteiger partial charge in [-0.15, -0.1) is 10.2 Å². The van der Waals surface area contributed by atoms with Crippen molar-refractivity contribution in [2.75, 3.05) is 5.01 Å². The maximum Gasteiger partial charge on any atom is 0.183 e. The van der Waals surface area contributed by atoms with Crippen molar-refractivity contribution >= 4 is 5.69 Å². The molecule has 0 radical (unpaired) electrons. The first kappa shape index (κ1) is 17.8. The molecule has 8 heteroatoms. The summed E-state index contributed by atoms with van der Waals surface area (Å²) in [5, 5.41) is 29.1. The number of halogens is 2. The number of aromatic hydroxyl groups is 1. The average Bonchev–Trinajstić information content (AvgIpc) is 3.24. The van der Waals surface area contributed by atoms with Crippen LogP contribution in [0.25, 0.3) is 22.5 Å². The molecule has 5 rings (SSSR count). The minimum absolute atomic E-state index is 0.168. The average molecular weight is 401 g/mol. The van der Waals surface area contributed by atoms with Crippen LogP contribution in [0.15, 0.2) is 60.9 Å². The number of phenolic OH excluding ortho intramolecular Hbond substituents is 1. The molecule has 6 nitrogen and oxygen atoms in total. The summed E-state index contributed by atoms with van der Waals surface area (Å²) in [5.41, 5.74) is 3.26. The second-order valence-corrected chi connectivity index (χ2v) is 6.86. The molecule has 3 aromatic carbocycles. The maximum atomic E-state index is 14.6. The molecule has 0 aliphatic carbocycles. The number of benzene rings is 3. The lowest BCUT2D eigenvalue weighted by Gasteiger charge is -2.32. The zero-order valence-electron chi connectivity index (χ0n) is 15.4. The van der Waals surface area contributed by atoms with Crippen molar-refractivity contribution in [3.63, 3.8) is 0 Å². The second kappa shape index (κ2) is 6.67. The van der Waals surface area contributed by atoms with Crippen LogP contribution in [0.4, 0.5) is 14.5 Å². The fourth-order valence-electron chi connectivity index (χ4n) is 3.67. The van der Waals surface area contributed by atoms with E-state index in [1.807, 2.05) is 0 Å². The molecule has 30 heavy (non-hydrogen) atoms. The number of hydrogen-bond acceptors (Lipinski definition) is 5. The highest BCUT2D eigenvalue weighted by atomic mass is 19.1. The highest BCUT2D eigenvalue weighted by Crippen LogP contribution is 2.37. The molecule has 0 amide bonds. The van der Waals surface area contributed by atoms with Gasteiger partial charge in [-0.25, -0.2) is 13.5 Å². The van der Waals surface area contributed by atoms with Gasteiger partial charge in [0.05, 0.1) is 23.9 Å². The van der Waals surface area contributed by atoms with Crippen molar-refractivity contribution in [1.82, 2.24) is 14.9 Å². The van der Waals surface area contributed by atoms with Gasteiger partial charge in [-0.1, -0.05) is 12.1 Å². The second-order valence-electron chi connectivity index (χ2n) is 6.86. The Labute approximate surface area is 169 Å². The van der Waals surface area contributed by atoms with E-state index >= 15 is 0 Å². The van der Waals surface area contributed by atoms with Crippen LogP contribution in [0.1, 0.15) is 11.1 Å². The van der Waals surface area contributed by atoms with Crippen molar-refractivity contribution in [2.45, 2.75) is 6.54 Å². The molecular formula is C22H13F2N5O. The Hall–Kier alpha value is -4.25. The molecule has 0 unspecified atom stereocenters. The number of aromatic nitrogens is 3. The van der Waals surface area contributed by atoms with Crippen LogP contribution in [0.5, 0.6) is 5.75 Å². The number of hydrogen-bond donors (Lipinski definition) is 1.